The second kappa shape index (κ2) is 8.13. The zero-order valence-corrected chi connectivity index (χ0v) is 12.0. The molecule has 1 aliphatic carbocycles. The molecular weight excluding hydrogens is 224 g/mol. The maximum atomic E-state index is 5.84. The Labute approximate surface area is 112 Å². The Morgan fingerprint density at radius 3 is 2.61 bits per heavy atom. The van der Waals surface area contributed by atoms with E-state index in [4.69, 9.17) is 4.74 Å². The Morgan fingerprint density at radius 1 is 1.06 bits per heavy atom. The van der Waals surface area contributed by atoms with E-state index in [2.05, 4.69) is 17.3 Å². The molecule has 3 nitrogen and oxygen atoms in total. The van der Waals surface area contributed by atoms with Crippen molar-refractivity contribution in [3.05, 3.63) is 0 Å². The van der Waals surface area contributed by atoms with E-state index in [-0.39, 0.29) is 0 Å². The van der Waals surface area contributed by atoms with Crippen LogP contribution in [0.4, 0.5) is 0 Å². The molecule has 1 atom stereocenters. The van der Waals surface area contributed by atoms with Crippen LogP contribution >= 0.6 is 0 Å². The van der Waals surface area contributed by atoms with E-state index < -0.39 is 0 Å². The zero-order chi connectivity index (χ0) is 12.6. The lowest BCUT2D eigenvalue weighted by Crippen LogP contribution is -2.38. The van der Waals surface area contributed by atoms with Gasteiger partial charge in [-0.3, -0.25) is 0 Å². The van der Waals surface area contributed by atoms with Crippen molar-refractivity contribution in [2.75, 3.05) is 33.3 Å². The van der Waals surface area contributed by atoms with Crippen molar-refractivity contribution in [2.24, 2.45) is 0 Å². The molecule has 0 spiro atoms. The van der Waals surface area contributed by atoms with Crippen molar-refractivity contribution < 1.29 is 4.74 Å². The number of ether oxygens (including phenoxy) is 1. The van der Waals surface area contributed by atoms with E-state index >= 15 is 0 Å². The van der Waals surface area contributed by atoms with Gasteiger partial charge in [0.25, 0.3) is 0 Å². The third kappa shape index (κ3) is 4.87. The number of likely N-dealkylation sites (tertiary alicyclic amines) is 1. The molecule has 18 heavy (non-hydrogen) atoms. The lowest BCUT2D eigenvalue weighted by Gasteiger charge is -2.32. The molecule has 3 heteroatoms. The molecule has 106 valence electrons. The summed E-state index contributed by atoms with van der Waals surface area (Å²) in [5.74, 6) is 0. The highest BCUT2D eigenvalue weighted by Crippen LogP contribution is 2.20. The molecule has 2 fully saturated rings. The fourth-order valence-corrected chi connectivity index (χ4v) is 3.26. The molecule has 1 heterocycles. The predicted octanol–water partition coefficient (Wildman–Crippen LogP) is 2.41. The molecular formula is C15H30N2O. The van der Waals surface area contributed by atoms with Crippen LogP contribution in [0.1, 0.15) is 51.4 Å². The molecule has 1 N–H and O–H groups in total. The number of rotatable bonds is 7. The van der Waals surface area contributed by atoms with Gasteiger partial charge in [-0.25, -0.2) is 0 Å². The molecule has 0 aromatic carbocycles. The summed E-state index contributed by atoms with van der Waals surface area (Å²) in [6, 6.07) is 0.807. The molecule has 1 unspecified atom stereocenters. The van der Waals surface area contributed by atoms with Crippen LogP contribution in [0.25, 0.3) is 0 Å². The van der Waals surface area contributed by atoms with Gasteiger partial charge in [0.15, 0.2) is 0 Å². The maximum Gasteiger partial charge on any atom is 0.0594 e. The molecule has 0 radical (unpaired) electrons. The van der Waals surface area contributed by atoms with Gasteiger partial charge >= 0.3 is 0 Å². The first-order valence-electron chi connectivity index (χ1n) is 7.89. The molecule has 2 rings (SSSR count). The first-order valence-corrected chi connectivity index (χ1v) is 7.89. The third-order valence-corrected chi connectivity index (χ3v) is 4.51. The topological polar surface area (TPSA) is 24.5 Å². The van der Waals surface area contributed by atoms with Gasteiger partial charge in [0.1, 0.15) is 0 Å². The standard InChI is InChI=1S/C15H30N2O/c1-17-12-5-4-6-14(17)9-10-16-11-13-18-15-7-2-3-8-15/h14-16H,2-13H2,1H3. The summed E-state index contributed by atoms with van der Waals surface area (Å²) in [6.07, 6.45) is 11.3. The monoisotopic (exact) mass is 254 g/mol. The van der Waals surface area contributed by atoms with E-state index in [9.17, 15) is 0 Å². The minimum atomic E-state index is 0.566. The van der Waals surface area contributed by atoms with Crippen molar-refractivity contribution in [3.8, 4) is 0 Å². The van der Waals surface area contributed by atoms with Crippen molar-refractivity contribution >= 4 is 0 Å². The van der Waals surface area contributed by atoms with Crippen LogP contribution in [0.15, 0.2) is 0 Å². The molecule has 0 aromatic rings. The van der Waals surface area contributed by atoms with E-state index in [1.54, 1.807) is 0 Å². The molecule has 1 saturated heterocycles. The van der Waals surface area contributed by atoms with Crippen molar-refractivity contribution in [1.29, 1.82) is 0 Å². The van der Waals surface area contributed by atoms with Gasteiger partial charge in [-0.05, 0) is 52.2 Å². The summed E-state index contributed by atoms with van der Waals surface area (Å²) in [7, 11) is 2.27. The largest absolute Gasteiger partial charge is 0.377 e. The van der Waals surface area contributed by atoms with Crippen LogP contribution < -0.4 is 5.32 Å². The highest BCUT2D eigenvalue weighted by molar-refractivity contribution is 4.74. The van der Waals surface area contributed by atoms with Gasteiger partial charge < -0.3 is 15.0 Å². The summed E-state index contributed by atoms with van der Waals surface area (Å²) in [4.78, 5) is 2.53. The number of piperidine rings is 1. The van der Waals surface area contributed by atoms with E-state index in [1.165, 1.54) is 57.9 Å². The van der Waals surface area contributed by atoms with Crippen molar-refractivity contribution in [1.82, 2.24) is 10.2 Å². The molecule has 0 aromatic heterocycles. The van der Waals surface area contributed by atoms with Gasteiger partial charge in [0, 0.05) is 12.6 Å². The lowest BCUT2D eigenvalue weighted by molar-refractivity contribution is 0.0600. The van der Waals surface area contributed by atoms with Crippen LogP contribution in [-0.2, 0) is 4.74 Å². The van der Waals surface area contributed by atoms with Crippen LogP contribution in [-0.4, -0.2) is 50.3 Å². The fourth-order valence-electron chi connectivity index (χ4n) is 3.26. The van der Waals surface area contributed by atoms with Crippen molar-refractivity contribution in [2.45, 2.75) is 63.5 Å². The first-order chi connectivity index (χ1) is 8.86. The van der Waals surface area contributed by atoms with Gasteiger partial charge in [-0.15, -0.1) is 0 Å². The van der Waals surface area contributed by atoms with Gasteiger partial charge in [-0.1, -0.05) is 19.3 Å². The summed E-state index contributed by atoms with van der Waals surface area (Å²) in [5, 5.41) is 3.53. The SMILES string of the molecule is CN1CCCCC1CCNCCOC1CCCC1. The normalized spacial score (nSPS) is 26.8. The van der Waals surface area contributed by atoms with Crippen LogP contribution in [0.5, 0.6) is 0 Å². The van der Waals surface area contributed by atoms with E-state index in [1.807, 2.05) is 0 Å². The number of nitrogens with zero attached hydrogens (tertiary/aromatic N) is 1. The van der Waals surface area contributed by atoms with Crippen molar-refractivity contribution in [3.63, 3.8) is 0 Å². The summed E-state index contributed by atoms with van der Waals surface area (Å²) < 4.78 is 5.84. The zero-order valence-electron chi connectivity index (χ0n) is 12.0. The Bertz CT molecular complexity index is 217. The molecule has 1 aliphatic heterocycles. The van der Waals surface area contributed by atoms with Crippen LogP contribution in [0.2, 0.25) is 0 Å². The Kier molecular flexibility index (Phi) is 6.46. The van der Waals surface area contributed by atoms with Crippen LogP contribution in [0, 0.1) is 0 Å². The van der Waals surface area contributed by atoms with Crippen LogP contribution in [0.3, 0.4) is 0 Å². The number of nitrogens with one attached hydrogen (secondary N) is 1. The quantitative estimate of drug-likeness (QED) is 0.706. The molecule has 1 saturated carbocycles. The highest BCUT2D eigenvalue weighted by Gasteiger charge is 2.18. The van der Waals surface area contributed by atoms with Gasteiger partial charge in [0.2, 0.25) is 0 Å². The minimum Gasteiger partial charge on any atom is -0.377 e. The predicted molar refractivity (Wildman–Crippen MR) is 76.0 cm³/mol. The molecule has 2 aliphatic rings. The third-order valence-electron chi connectivity index (χ3n) is 4.51. The van der Waals surface area contributed by atoms with Gasteiger partial charge in [-0.2, -0.15) is 0 Å². The summed E-state index contributed by atoms with van der Waals surface area (Å²) in [6.45, 7) is 4.34. The number of hydrogen-bond donors (Lipinski definition) is 1. The second-order valence-electron chi connectivity index (χ2n) is 5.95. The fraction of sp³-hybridized carbons (Fsp3) is 1.00. The van der Waals surface area contributed by atoms with E-state index in [0.717, 1.165) is 25.7 Å². The average molecular weight is 254 g/mol. The Balaban J connectivity index is 1.43. The second-order valence-corrected chi connectivity index (χ2v) is 5.95. The van der Waals surface area contributed by atoms with Gasteiger partial charge in [0.05, 0.1) is 12.7 Å². The molecule has 0 amide bonds. The smallest absolute Gasteiger partial charge is 0.0594 e. The summed E-state index contributed by atoms with van der Waals surface area (Å²) >= 11 is 0. The minimum absolute atomic E-state index is 0.566. The number of hydrogen-bond acceptors (Lipinski definition) is 3. The highest BCUT2D eigenvalue weighted by atomic mass is 16.5. The Morgan fingerprint density at radius 2 is 1.83 bits per heavy atom. The van der Waals surface area contributed by atoms with E-state index in [0.29, 0.717) is 6.10 Å². The maximum absolute atomic E-state index is 5.84. The molecule has 0 bridgehead atoms. The summed E-state index contributed by atoms with van der Waals surface area (Å²) in [5.41, 5.74) is 0. The Hall–Kier alpha value is -0.120. The lowest BCUT2D eigenvalue weighted by atomic mass is 10.0. The average Bonchev–Trinajstić information content (AvgIpc) is 2.89. The first kappa shape index (κ1) is 14.3.